The molecule has 262 valence electrons. The Kier molecular flexibility index (Phi) is 9.90. The largest absolute Gasteiger partial charge is 0.475 e. The highest BCUT2D eigenvalue weighted by Crippen LogP contribution is 2.30. The first-order valence-electron chi connectivity index (χ1n) is 16.8. The number of carbonyl (C=O) groups excluding carboxylic acids is 1. The van der Waals surface area contributed by atoms with Crippen LogP contribution in [0.5, 0.6) is 5.88 Å². The highest BCUT2D eigenvalue weighted by Gasteiger charge is 2.30. The quantitative estimate of drug-likeness (QED) is 0.198. The number of aromatic nitrogens is 5. The Labute approximate surface area is 293 Å². The van der Waals surface area contributed by atoms with Crippen LogP contribution in [0.1, 0.15) is 73.4 Å². The molecule has 12 nitrogen and oxygen atoms in total. The van der Waals surface area contributed by atoms with Gasteiger partial charge in [0.05, 0.1) is 47.8 Å². The predicted octanol–water partition coefficient (Wildman–Crippen LogP) is 6.28. The summed E-state index contributed by atoms with van der Waals surface area (Å²) in [6, 6.07) is 14.9. The van der Waals surface area contributed by atoms with Crippen molar-refractivity contribution in [2.75, 3.05) is 17.9 Å². The Balaban J connectivity index is 1.48. The lowest BCUT2D eigenvalue weighted by molar-refractivity contribution is 0.00631. The van der Waals surface area contributed by atoms with E-state index in [4.69, 9.17) is 19.4 Å². The van der Waals surface area contributed by atoms with Crippen LogP contribution in [0.25, 0.3) is 22.4 Å². The highest BCUT2D eigenvalue weighted by atomic mass is 32.2. The van der Waals surface area contributed by atoms with E-state index in [9.17, 15) is 13.2 Å². The molecule has 0 saturated carbocycles. The van der Waals surface area contributed by atoms with E-state index in [1.54, 1.807) is 29.3 Å². The smallest absolute Gasteiger partial charge is 0.264 e. The summed E-state index contributed by atoms with van der Waals surface area (Å²) in [5.41, 5.74) is 6.66. The molecular weight excluding hydrogens is 655 g/mol. The summed E-state index contributed by atoms with van der Waals surface area (Å²) in [6.07, 6.45) is 1.55. The first-order chi connectivity index (χ1) is 23.8. The van der Waals surface area contributed by atoms with Gasteiger partial charge in [-0.1, -0.05) is 38.1 Å². The summed E-state index contributed by atoms with van der Waals surface area (Å²) in [5, 5.41) is 0. The van der Waals surface area contributed by atoms with Crippen LogP contribution in [0.2, 0.25) is 0 Å². The molecule has 0 saturated heterocycles. The number of carbonyl (C=O) groups is 1. The van der Waals surface area contributed by atoms with Gasteiger partial charge in [-0.15, -0.1) is 0 Å². The van der Waals surface area contributed by atoms with Crippen molar-refractivity contribution >= 4 is 33.0 Å². The minimum Gasteiger partial charge on any atom is -0.475 e. The molecule has 1 aliphatic heterocycles. The van der Waals surface area contributed by atoms with Crippen molar-refractivity contribution in [1.82, 2.24) is 29.4 Å². The molecule has 0 unspecified atom stereocenters. The highest BCUT2D eigenvalue weighted by molar-refractivity contribution is 7.92. The van der Waals surface area contributed by atoms with Gasteiger partial charge < -0.3 is 18.9 Å². The first-order valence-corrected chi connectivity index (χ1v) is 18.3. The maximum absolute atomic E-state index is 14.5. The maximum atomic E-state index is 14.5. The van der Waals surface area contributed by atoms with Gasteiger partial charge in [0, 0.05) is 29.4 Å². The molecule has 4 bridgehead atoms. The lowest BCUT2D eigenvalue weighted by Crippen LogP contribution is -2.46. The van der Waals surface area contributed by atoms with Gasteiger partial charge in [-0.2, -0.15) is 4.98 Å². The van der Waals surface area contributed by atoms with E-state index in [-0.39, 0.29) is 54.1 Å². The number of hydrogen-bond acceptors (Lipinski definition) is 9. The molecule has 0 aliphatic carbocycles. The molecule has 0 spiro atoms. The van der Waals surface area contributed by atoms with Gasteiger partial charge in [0.1, 0.15) is 12.1 Å². The third-order valence-electron chi connectivity index (χ3n) is 8.73. The molecule has 6 rings (SSSR count). The van der Waals surface area contributed by atoms with Crippen molar-refractivity contribution < 1.29 is 22.7 Å². The van der Waals surface area contributed by atoms with Gasteiger partial charge in [0.15, 0.2) is 5.65 Å². The molecule has 1 aliphatic rings. The third kappa shape index (κ3) is 7.19. The molecule has 50 heavy (non-hydrogen) atoms. The maximum Gasteiger partial charge on any atom is 0.264 e. The summed E-state index contributed by atoms with van der Waals surface area (Å²) in [6.45, 7) is 15.0. The number of hydrogen-bond donors (Lipinski definition) is 1. The van der Waals surface area contributed by atoms with Crippen LogP contribution in [-0.4, -0.2) is 69.1 Å². The second kappa shape index (κ2) is 14.2. The first kappa shape index (κ1) is 35.0. The van der Waals surface area contributed by atoms with E-state index in [0.29, 0.717) is 11.4 Å². The number of rotatable bonds is 8. The van der Waals surface area contributed by atoms with Crippen molar-refractivity contribution in [1.29, 1.82) is 0 Å². The molecule has 13 heteroatoms. The number of fused-ring (bicyclic) bond motifs is 5. The Morgan fingerprint density at radius 3 is 2.44 bits per heavy atom. The average molecular weight is 698 g/mol. The van der Waals surface area contributed by atoms with E-state index < -0.39 is 22.0 Å². The van der Waals surface area contributed by atoms with Gasteiger partial charge in [-0.25, -0.2) is 23.1 Å². The summed E-state index contributed by atoms with van der Waals surface area (Å²) in [7, 11) is -4.20. The van der Waals surface area contributed by atoms with Gasteiger partial charge in [0.25, 0.3) is 15.9 Å². The molecule has 1 N–H and O–H groups in total. The second-order valence-electron chi connectivity index (χ2n) is 13.1. The fourth-order valence-corrected chi connectivity index (χ4v) is 7.23. The third-order valence-corrected chi connectivity index (χ3v) is 10.1. The molecule has 0 fully saturated rings. The molecule has 0 radical (unpaired) electrons. The number of benzene rings is 2. The van der Waals surface area contributed by atoms with Gasteiger partial charge in [-0.3, -0.25) is 9.78 Å². The fraction of sp³-hybridized carbons (Fsp3) is 0.378. The van der Waals surface area contributed by atoms with Crippen LogP contribution >= 0.6 is 0 Å². The molecule has 5 aromatic rings. The lowest BCUT2D eigenvalue weighted by Gasteiger charge is -2.32. The molecule has 1 amide bonds. The van der Waals surface area contributed by atoms with E-state index in [2.05, 4.69) is 46.1 Å². The molecule has 1 atom stereocenters. The molecule has 4 heterocycles. The summed E-state index contributed by atoms with van der Waals surface area (Å²) in [5.74, 6) is -0.134. The van der Waals surface area contributed by atoms with Crippen LogP contribution in [0, 0.1) is 13.8 Å². The summed E-state index contributed by atoms with van der Waals surface area (Å²) >= 11 is 0. The minimum atomic E-state index is -4.20. The summed E-state index contributed by atoms with van der Waals surface area (Å²) in [4.78, 5) is 34.8. The normalized spacial score (nSPS) is 16.1. The number of nitrogens with one attached hydrogen (secondary N) is 1. The zero-order valence-electron chi connectivity index (χ0n) is 29.5. The predicted molar refractivity (Wildman–Crippen MR) is 192 cm³/mol. The van der Waals surface area contributed by atoms with Crippen LogP contribution in [0.15, 0.2) is 65.7 Å². The zero-order chi connectivity index (χ0) is 35.7. The SMILES string of the molecule is CCn1c(C(C)C)cc2ncc(CN3C(=O)c4cccc(c4)S(=O)(=O)Nc4nc(cc(-c5c(C)cccc5C)n4)OC[C@H]3COC(C)C)nc21. The Morgan fingerprint density at radius 1 is 1.00 bits per heavy atom. The number of aryl methyl sites for hydroxylation is 3. The van der Waals surface area contributed by atoms with Crippen molar-refractivity contribution in [3.8, 4) is 17.1 Å². The standard InChI is InChI=1S/C37H43N7O5S/c1-8-43-32(22(2)3)16-31-35(43)39-27(18-38-31)19-44-28(20-48-23(4)5)21-49-33-17-30(34-24(6)11-9-12-25(34)7)40-37(41-33)42-50(46,47)29-14-10-13-26(15-29)36(44)45/h9-18,22-23,28H,8,19-21H2,1-7H3,(H,40,41,42)/t28-/m1/s1. The second-order valence-corrected chi connectivity index (χ2v) is 14.8. The van der Waals surface area contributed by atoms with Crippen LogP contribution in [-0.2, 0) is 27.8 Å². The fourth-order valence-electron chi connectivity index (χ4n) is 6.24. The number of ether oxygens (including phenoxy) is 2. The van der Waals surface area contributed by atoms with Gasteiger partial charge in [-0.05, 0) is 75.9 Å². The van der Waals surface area contributed by atoms with E-state index >= 15 is 0 Å². The lowest BCUT2D eigenvalue weighted by atomic mass is 10.00. The van der Waals surface area contributed by atoms with Gasteiger partial charge in [0.2, 0.25) is 11.8 Å². The van der Waals surface area contributed by atoms with Crippen molar-refractivity contribution in [3.63, 3.8) is 0 Å². The van der Waals surface area contributed by atoms with Crippen molar-refractivity contribution in [2.45, 2.75) is 84.5 Å². The summed E-state index contributed by atoms with van der Waals surface area (Å²) < 4.78 is 44.5. The van der Waals surface area contributed by atoms with E-state index in [0.717, 1.165) is 40.1 Å². The van der Waals surface area contributed by atoms with Crippen molar-refractivity contribution in [3.05, 3.63) is 88.9 Å². The molecule has 2 aromatic carbocycles. The zero-order valence-corrected chi connectivity index (χ0v) is 30.3. The Bertz CT molecular complexity index is 2140. The number of amides is 1. The number of sulfonamides is 1. The van der Waals surface area contributed by atoms with Crippen LogP contribution < -0.4 is 9.46 Å². The Hall–Kier alpha value is -4.88. The van der Waals surface area contributed by atoms with Crippen LogP contribution in [0.3, 0.4) is 0 Å². The van der Waals surface area contributed by atoms with Crippen LogP contribution in [0.4, 0.5) is 5.95 Å². The topological polar surface area (TPSA) is 141 Å². The Morgan fingerprint density at radius 2 is 1.74 bits per heavy atom. The number of nitrogens with zero attached hydrogens (tertiary/aromatic N) is 6. The van der Waals surface area contributed by atoms with E-state index in [1.807, 2.05) is 45.9 Å². The van der Waals surface area contributed by atoms with Crippen molar-refractivity contribution in [2.24, 2.45) is 0 Å². The average Bonchev–Trinajstić information content (AvgIpc) is 3.45. The molecular formula is C37H43N7O5S. The monoisotopic (exact) mass is 697 g/mol. The van der Waals surface area contributed by atoms with E-state index in [1.165, 1.54) is 12.1 Å². The molecule has 3 aromatic heterocycles. The number of anilines is 1. The minimum absolute atomic E-state index is 0.00788. The van der Waals surface area contributed by atoms with Gasteiger partial charge >= 0.3 is 0 Å².